The molecule has 7 heteroatoms. The third-order valence-electron chi connectivity index (χ3n) is 4.45. The Hall–Kier alpha value is -3.16. The van der Waals surface area contributed by atoms with E-state index in [1.165, 1.54) is 17.7 Å². The van der Waals surface area contributed by atoms with Crippen molar-refractivity contribution in [1.29, 1.82) is 0 Å². The van der Waals surface area contributed by atoms with Crippen LogP contribution in [0.5, 0.6) is 0 Å². The van der Waals surface area contributed by atoms with Gasteiger partial charge in [0.05, 0.1) is 4.90 Å². The lowest BCUT2D eigenvalue weighted by Crippen LogP contribution is -2.30. The fraction of sp³-hybridized carbons (Fsp3) is 0.136. The molecule has 0 atom stereocenters. The number of benzene rings is 3. The molecular formula is C22H23N3O3S. The van der Waals surface area contributed by atoms with Crippen molar-refractivity contribution in [2.45, 2.75) is 17.7 Å². The van der Waals surface area contributed by atoms with Gasteiger partial charge in [-0.2, -0.15) is 0 Å². The Bertz CT molecular complexity index is 1070. The van der Waals surface area contributed by atoms with Gasteiger partial charge in [0.15, 0.2) is 0 Å². The number of urea groups is 1. The second-order valence-electron chi connectivity index (χ2n) is 6.64. The predicted molar refractivity (Wildman–Crippen MR) is 114 cm³/mol. The van der Waals surface area contributed by atoms with Gasteiger partial charge >= 0.3 is 6.03 Å². The molecule has 2 amide bonds. The van der Waals surface area contributed by atoms with E-state index in [0.717, 1.165) is 23.2 Å². The zero-order valence-corrected chi connectivity index (χ0v) is 16.7. The van der Waals surface area contributed by atoms with Gasteiger partial charge in [-0.05, 0) is 47.7 Å². The molecule has 0 aromatic heterocycles. The van der Waals surface area contributed by atoms with E-state index in [1.807, 2.05) is 42.5 Å². The van der Waals surface area contributed by atoms with Crippen molar-refractivity contribution >= 4 is 21.7 Å². The lowest BCUT2D eigenvalue weighted by atomic mass is 10.0. The second-order valence-corrected chi connectivity index (χ2v) is 8.20. The van der Waals surface area contributed by atoms with Crippen LogP contribution in [0.1, 0.15) is 16.7 Å². The molecule has 0 spiro atoms. The van der Waals surface area contributed by atoms with Gasteiger partial charge in [0.25, 0.3) is 0 Å². The molecule has 3 aromatic rings. The minimum atomic E-state index is -3.69. The lowest BCUT2D eigenvalue weighted by Gasteiger charge is -2.12. The molecule has 0 unspecified atom stereocenters. The topological polar surface area (TPSA) is 101 Å². The summed E-state index contributed by atoms with van der Waals surface area (Å²) in [5, 5.41) is 10.8. The number of nitrogens with one attached hydrogen (secondary N) is 2. The number of rotatable bonds is 7. The first-order valence-corrected chi connectivity index (χ1v) is 10.7. The summed E-state index contributed by atoms with van der Waals surface area (Å²) in [5.41, 5.74) is 3.88. The van der Waals surface area contributed by atoms with E-state index in [4.69, 9.17) is 5.14 Å². The number of carbonyl (C=O) groups is 1. The molecule has 0 heterocycles. The highest BCUT2D eigenvalue weighted by molar-refractivity contribution is 7.89. The molecule has 0 radical (unpaired) electrons. The minimum Gasteiger partial charge on any atom is -0.338 e. The van der Waals surface area contributed by atoms with Crippen LogP contribution in [0, 0.1) is 0 Å². The van der Waals surface area contributed by atoms with Crippen molar-refractivity contribution in [3.8, 4) is 0 Å². The highest BCUT2D eigenvalue weighted by Crippen LogP contribution is 2.19. The van der Waals surface area contributed by atoms with Gasteiger partial charge in [-0.3, -0.25) is 0 Å². The monoisotopic (exact) mass is 409 g/mol. The van der Waals surface area contributed by atoms with Crippen molar-refractivity contribution < 1.29 is 13.2 Å². The molecule has 0 aliphatic carbocycles. The number of hydrogen-bond acceptors (Lipinski definition) is 3. The molecule has 3 rings (SSSR count). The Kier molecular flexibility index (Phi) is 6.64. The normalized spacial score (nSPS) is 11.1. The summed E-state index contributed by atoms with van der Waals surface area (Å²) in [6, 6.07) is 23.8. The number of amides is 2. The Morgan fingerprint density at radius 2 is 1.48 bits per heavy atom. The van der Waals surface area contributed by atoms with Crippen LogP contribution < -0.4 is 15.8 Å². The van der Waals surface area contributed by atoms with Crippen molar-refractivity contribution in [3.63, 3.8) is 0 Å². The minimum absolute atomic E-state index is 0.0713. The number of carbonyl (C=O) groups excluding carboxylic acids is 1. The fourth-order valence-corrected chi connectivity index (χ4v) is 3.46. The Labute approximate surface area is 170 Å². The molecule has 29 heavy (non-hydrogen) atoms. The van der Waals surface area contributed by atoms with Gasteiger partial charge in [0.1, 0.15) is 0 Å². The average molecular weight is 410 g/mol. The Balaban J connectivity index is 1.53. The third kappa shape index (κ3) is 6.17. The standard InChI is InChI=1S/C22H23N3O3S/c23-29(27,28)20-12-10-17(11-13-20)14-15-24-22(26)25-21-9-5-4-8-19(21)16-18-6-2-1-3-7-18/h1-13H,14-16H2,(H2,23,27,28)(H2,24,25,26). The summed E-state index contributed by atoms with van der Waals surface area (Å²) in [6.45, 7) is 0.418. The summed E-state index contributed by atoms with van der Waals surface area (Å²) >= 11 is 0. The van der Waals surface area contributed by atoms with E-state index in [-0.39, 0.29) is 10.9 Å². The average Bonchev–Trinajstić information content (AvgIpc) is 2.70. The highest BCUT2D eigenvalue weighted by atomic mass is 32.2. The van der Waals surface area contributed by atoms with E-state index in [2.05, 4.69) is 22.8 Å². The number of para-hydroxylation sites is 1. The van der Waals surface area contributed by atoms with Gasteiger partial charge in [-0.1, -0.05) is 60.7 Å². The maximum absolute atomic E-state index is 12.3. The summed E-state index contributed by atoms with van der Waals surface area (Å²) < 4.78 is 22.6. The number of nitrogens with two attached hydrogens (primary N) is 1. The maximum Gasteiger partial charge on any atom is 0.319 e. The summed E-state index contributed by atoms with van der Waals surface area (Å²) in [7, 11) is -3.69. The van der Waals surface area contributed by atoms with Crippen LogP contribution in [-0.2, 0) is 22.9 Å². The molecular weight excluding hydrogens is 386 g/mol. The molecule has 0 fully saturated rings. The van der Waals surface area contributed by atoms with Crippen LogP contribution >= 0.6 is 0 Å². The SMILES string of the molecule is NS(=O)(=O)c1ccc(CCNC(=O)Nc2ccccc2Cc2ccccc2)cc1. The van der Waals surface area contributed by atoms with Crippen LogP contribution in [-0.4, -0.2) is 21.0 Å². The maximum atomic E-state index is 12.3. The highest BCUT2D eigenvalue weighted by Gasteiger charge is 2.08. The van der Waals surface area contributed by atoms with Gasteiger partial charge < -0.3 is 10.6 Å². The zero-order valence-electron chi connectivity index (χ0n) is 15.8. The van der Waals surface area contributed by atoms with Crippen LogP contribution in [0.15, 0.2) is 83.8 Å². The van der Waals surface area contributed by atoms with Crippen LogP contribution in [0.2, 0.25) is 0 Å². The van der Waals surface area contributed by atoms with Crippen molar-refractivity contribution in [1.82, 2.24) is 5.32 Å². The smallest absolute Gasteiger partial charge is 0.319 e. The molecule has 0 aliphatic heterocycles. The first kappa shape index (κ1) is 20.6. The largest absolute Gasteiger partial charge is 0.338 e. The molecule has 0 saturated carbocycles. The molecule has 0 saturated heterocycles. The number of anilines is 1. The lowest BCUT2D eigenvalue weighted by molar-refractivity contribution is 0.252. The number of primary sulfonamides is 1. The van der Waals surface area contributed by atoms with Gasteiger partial charge in [-0.25, -0.2) is 18.4 Å². The van der Waals surface area contributed by atoms with E-state index < -0.39 is 10.0 Å². The zero-order chi connectivity index (χ0) is 20.7. The van der Waals surface area contributed by atoms with Crippen molar-refractivity contribution in [3.05, 3.63) is 95.6 Å². The van der Waals surface area contributed by atoms with E-state index in [9.17, 15) is 13.2 Å². The summed E-state index contributed by atoms with van der Waals surface area (Å²) in [5.74, 6) is 0. The molecule has 4 N–H and O–H groups in total. The molecule has 150 valence electrons. The summed E-state index contributed by atoms with van der Waals surface area (Å²) in [6.07, 6.45) is 1.30. The summed E-state index contributed by atoms with van der Waals surface area (Å²) in [4.78, 5) is 12.3. The van der Waals surface area contributed by atoms with Crippen LogP contribution in [0.25, 0.3) is 0 Å². The number of sulfonamides is 1. The predicted octanol–water partition coefficient (Wildman–Crippen LogP) is 3.29. The Morgan fingerprint density at radius 3 is 2.17 bits per heavy atom. The Morgan fingerprint density at radius 1 is 0.828 bits per heavy atom. The van der Waals surface area contributed by atoms with E-state index in [1.54, 1.807) is 12.1 Å². The fourth-order valence-electron chi connectivity index (χ4n) is 2.94. The first-order chi connectivity index (χ1) is 13.9. The number of hydrogen-bond donors (Lipinski definition) is 3. The molecule has 0 aliphatic rings. The van der Waals surface area contributed by atoms with Crippen molar-refractivity contribution in [2.75, 3.05) is 11.9 Å². The molecule has 3 aromatic carbocycles. The van der Waals surface area contributed by atoms with Gasteiger partial charge in [0.2, 0.25) is 10.0 Å². The van der Waals surface area contributed by atoms with Crippen LogP contribution in [0.3, 0.4) is 0 Å². The second kappa shape index (κ2) is 9.36. The van der Waals surface area contributed by atoms with E-state index >= 15 is 0 Å². The first-order valence-electron chi connectivity index (χ1n) is 9.20. The third-order valence-corrected chi connectivity index (χ3v) is 5.38. The molecule has 6 nitrogen and oxygen atoms in total. The van der Waals surface area contributed by atoms with Gasteiger partial charge in [0, 0.05) is 12.2 Å². The van der Waals surface area contributed by atoms with Crippen molar-refractivity contribution in [2.24, 2.45) is 5.14 Å². The quantitative estimate of drug-likeness (QED) is 0.558. The molecule has 0 bridgehead atoms. The van der Waals surface area contributed by atoms with Crippen LogP contribution in [0.4, 0.5) is 10.5 Å². The van der Waals surface area contributed by atoms with Gasteiger partial charge in [-0.15, -0.1) is 0 Å². The van der Waals surface area contributed by atoms with E-state index in [0.29, 0.717) is 13.0 Å².